The third kappa shape index (κ3) is 4.06. The Hall–Kier alpha value is -3.21. The largest absolute Gasteiger partial charge is 0.340 e. The van der Waals surface area contributed by atoms with Gasteiger partial charge >= 0.3 is 0 Å². The number of hydrogen-bond acceptors (Lipinski definition) is 4. The number of aromatic nitrogens is 2. The van der Waals surface area contributed by atoms with Crippen LogP contribution < -0.4 is 10.2 Å². The number of hydrogen-bond donors (Lipinski definition) is 1. The molecule has 0 unspecified atom stereocenters. The first-order valence-corrected chi connectivity index (χ1v) is 8.56. The molecule has 3 aromatic rings. The number of carbonyl (C=O) groups is 1. The van der Waals surface area contributed by atoms with Crippen LogP contribution in [0.2, 0.25) is 0 Å². The maximum atomic E-state index is 12.7. The van der Waals surface area contributed by atoms with Crippen LogP contribution in [0, 0.1) is 0 Å². The summed E-state index contributed by atoms with van der Waals surface area (Å²) in [6.45, 7) is 4.32. The Balaban J connectivity index is 1.76. The Morgan fingerprint density at radius 1 is 1.00 bits per heavy atom. The molecule has 1 aromatic heterocycles. The molecular weight excluding hydrogens is 324 g/mol. The van der Waals surface area contributed by atoms with Gasteiger partial charge in [-0.05, 0) is 35.7 Å². The van der Waals surface area contributed by atoms with Crippen LogP contribution in [-0.4, -0.2) is 22.9 Å². The number of amides is 1. The first-order chi connectivity index (χ1) is 12.5. The molecule has 0 atom stereocenters. The molecule has 26 heavy (non-hydrogen) atoms. The number of nitrogens with one attached hydrogen (secondary N) is 1. The summed E-state index contributed by atoms with van der Waals surface area (Å²) < 4.78 is 0. The second kappa shape index (κ2) is 7.78. The SMILES string of the molecule is CC(C)c1ccc(Nc2cc(C(=O)N(C)c3ccccc3)ncn2)cc1. The van der Waals surface area contributed by atoms with Gasteiger partial charge < -0.3 is 10.2 Å². The molecular formula is C21H22N4O. The molecule has 0 bridgehead atoms. The molecule has 0 spiro atoms. The minimum Gasteiger partial charge on any atom is -0.340 e. The van der Waals surface area contributed by atoms with Crippen molar-refractivity contribution in [2.75, 3.05) is 17.3 Å². The summed E-state index contributed by atoms with van der Waals surface area (Å²) in [5.41, 5.74) is 3.35. The molecule has 1 N–H and O–H groups in total. The van der Waals surface area contributed by atoms with Crippen molar-refractivity contribution in [3.8, 4) is 0 Å². The van der Waals surface area contributed by atoms with Crippen molar-refractivity contribution in [1.82, 2.24) is 9.97 Å². The minimum atomic E-state index is -0.184. The number of nitrogens with zero attached hydrogens (tertiary/aromatic N) is 3. The molecule has 0 aliphatic carbocycles. The molecule has 1 amide bonds. The van der Waals surface area contributed by atoms with Crippen LogP contribution in [0.3, 0.4) is 0 Å². The number of benzene rings is 2. The maximum absolute atomic E-state index is 12.7. The molecule has 5 nitrogen and oxygen atoms in total. The fourth-order valence-corrected chi connectivity index (χ4v) is 2.58. The van der Waals surface area contributed by atoms with Gasteiger partial charge in [-0.15, -0.1) is 0 Å². The van der Waals surface area contributed by atoms with Gasteiger partial charge in [0.25, 0.3) is 5.91 Å². The van der Waals surface area contributed by atoms with Gasteiger partial charge in [0.05, 0.1) is 0 Å². The molecule has 0 radical (unpaired) electrons. The van der Waals surface area contributed by atoms with Crippen LogP contribution in [0.4, 0.5) is 17.2 Å². The number of rotatable bonds is 5. The summed E-state index contributed by atoms with van der Waals surface area (Å²) in [6, 6.07) is 19.3. The summed E-state index contributed by atoms with van der Waals surface area (Å²) in [5, 5.41) is 3.22. The minimum absolute atomic E-state index is 0.184. The van der Waals surface area contributed by atoms with Gasteiger partial charge in [-0.25, -0.2) is 9.97 Å². The van der Waals surface area contributed by atoms with Gasteiger partial charge in [0.15, 0.2) is 0 Å². The quantitative estimate of drug-likeness (QED) is 0.732. The Kier molecular flexibility index (Phi) is 5.27. The molecule has 5 heteroatoms. The van der Waals surface area contributed by atoms with E-state index in [4.69, 9.17) is 0 Å². The average Bonchev–Trinajstić information content (AvgIpc) is 2.68. The molecule has 0 saturated heterocycles. The first-order valence-electron chi connectivity index (χ1n) is 8.56. The van der Waals surface area contributed by atoms with E-state index >= 15 is 0 Å². The second-order valence-corrected chi connectivity index (χ2v) is 6.39. The van der Waals surface area contributed by atoms with Gasteiger partial charge in [0.1, 0.15) is 17.8 Å². The molecule has 0 aliphatic rings. The van der Waals surface area contributed by atoms with Gasteiger partial charge in [-0.1, -0.05) is 44.2 Å². The molecule has 0 fully saturated rings. The number of para-hydroxylation sites is 1. The van der Waals surface area contributed by atoms with Crippen molar-refractivity contribution in [3.05, 3.63) is 78.2 Å². The van der Waals surface area contributed by atoms with E-state index in [1.807, 2.05) is 42.5 Å². The monoisotopic (exact) mass is 346 g/mol. The Morgan fingerprint density at radius 3 is 2.35 bits per heavy atom. The van der Waals surface area contributed by atoms with Crippen molar-refractivity contribution in [1.29, 1.82) is 0 Å². The standard InChI is InChI=1S/C21H22N4O/c1-15(2)16-9-11-17(12-10-16)24-20-13-19(22-14-23-20)21(26)25(3)18-7-5-4-6-8-18/h4-15H,1-3H3,(H,22,23,24). The Morgan fingerprint density at radius 2 is 1.69 bits per heavy atom. The van der Waals surface area contributed by atoms with E-state index in [0.29, 0.717) is 17.4 Å². The van der Waals surface area contributed by atoms with E-state index in [-0.39, 0.29) is 5.91 Å². The van der Waals surface area contributed by atoms with Gasteiger partial charge in [-0.3, -0.25) is 4.79 Å². The van der Waals surface area contributed by atoms with Crippen LogP contribution in [0.5, 0.6) is 0 Å². The number of carbonyl (C=O) groups excluding carboxylic acids is 1. The van der Waals surface area contributed by atoms with Crippen LogP contribution in [-0.2, 0) is 0 Å². The highest BCUT2D eigenvalue weighted by molar-refractivity contribution is 6.04. The summed E-state index contributed by atoms with van der Waals surface area (Å²) >= 11 is 0. The lowest BCUT2D eigenvalue weighted by Crippen LogP contribution is -2.27. The van der Waals surface area contributed by atoms with E-state index < -0.39 is 0 Å². The summed E-state index contributed by atoms with van der Waals surface area (Å²) in [4.78, 5) is 22.6. The van der Waals surface area contributed by atoms with E-state index in [0.717, 1.165) is 11.4 Å². The zero-order valence-electron chi connectivity index (χ0n) is 15.2. The molecule has 0 aliphatic heterocycles. The zero-order chi connectivity index (χ0) is 18.5. The molecule has 3 rings (SSSR count). The fourth-order valence-electron chi connectivity index (χ4n) is 2.58. The third-order valence-corrected chi connectivity index (χ3v) is 4.18. The lowest BCUT2D eigenvalue weighted by atomic mass is 10.0. The average molecular weight is 346 g/mol. The zero-order valence-corrected chi connectivity index (χ0v) is 15.2. The lowest BCUT2D eigenvalue weighted by Gasteiger charge is -2.17. The van der Waals surface area contributed by atoms with Crippen LogP contribution in [0.15, 0.2) is 67.0 Å². The fraction of sp³-hybridized carbons (Fsp3) is 0.190. The van der Waals surface area contributed by atoms with Gasteiger partial charge in [0.2, 0.25) is 0 Å². The molecule has 2 aromatic carbocycles. The van der Waals surface area contributed by atoms with E-state index in [2.05, 4.69) is 41.3 Å². The van der Waals surface area contributed by atoms with Crippen molar-refractivity contribution in [2.45, 2.75) is 19.8 Å². The highest BCUT2D eigenvalue weighted by atomic mass is 16.2. The lowest BCUT2D eigenvalue weighted by molar-refractivity contribution is 0.0988. The van der Waals surface area contributed by atoms with E-state index in [1.54, 1.807) is 18.0 Å². The summed E-state index contributed by atoms with van der Waals surface area (Å²) in [5.74, 6) is 0.889. The van der Waals surface area contributed by atoms with Crippen molar-refractivity contribution in [2.24, 2.45) is 0 Å². The van der Waals surface area contributed by atoms with Crippen molar-refractivity contribution in [3.63, 3.8) is 0 Å². The van der Waals surface area contributed by atoms with Crippen LogP contribution in [0.1, 0.15) is 35.8 Å². The molecule has 0 saturated carbocycles. The molecule has 1 heterocycles. The van der Waals surface area contributed by atoms with Gasteiger partial charge in [0, 0.05) is 24.5 Å². The van der Waals surface area contributed by atoms with Crippen LogP contribution >= 0.6 is 0 Å². The van der Waals surface area contributed by atoms with Gasteiger partial charge in [-0.2, -0.15) is 0 Å². The maximum Gasteiger partial charge on any atom is 0.276 e. The topological polar surface area (TPSA) is 58.1 Å². The third-order valence-electron chi connectivity index (χ3n) is 4.18. The Labute approximate surface area is 153 Å². The normalized spacial score (nSPS) is 10.6. The Bertz CT molecular complexity index is 876. The predicted molar refractivity (Wildman–Crippen MR) is 105 cm³/mol. The molecule has 132 valence electrons. The van der Waals surface area contributed by atoms with Crippen molar-refractivity contribution >= 4 is 23.1 Å². The second-order valence-electron chi connectivity index (χ2n) is 6.39. The predicted octanol–water partition coefficient (Wildman–Crippen LogP) is 4.62. The van der Waals surface area contributed by atoms with E-state index in [1.165, 1.54) is 11.9 Å². The van der Waals surface area contributed by atoms with Crippen molar-refractivity contribution < 1.29 is 4.79 Å². The summed E-state index contributed by atoms with van der Waals surface area (Å²) in [6.07, 6.45) is 1.40. The highest BCUT2D eigenvalue weighted by Gasteiger charge is 2.15. The highest BCUT2D eigenvalue weighted by Crippen LogP contribution is 2.20. The number of anilines is 3. The first kappa shape index (κ1) is 17.6. The van der Waals surface area contributed by atoms with E-state index in [9.17, 15) is 4.79 Å². The smallest absolute Gasteiger partial charge is 0.276 e. The van der Waals surface area contributed by atoms with Crippen LogP contribution in [0.25, 0.3) is 0 Å². The summed E-state index contributed by atoms with van der Waals surface area (Å²) in [7, 11) is 1.73.